The van der Waals surface area contributed by atoms with Gasteiger partial charge < -0.3 is 5.11 Å². The van der Waals surface area contributed by atoms with Crippen LogP contribution in [0.15, 0.2) is 23.8 Å². The Kier molecular flexibility index (Phi) is 5.72. The monoisotopic (exact) mass is 182 g/mol. The first kappa shape index (κ1) is 11.8. The number of aliphatic hydroxyl groups is 1. The minimum Gasteiger partial charge on any atom is -0.396 e. The summed E-state index contributed by atoms with van der Waals surface area (Å²) in [6.45, 7) is 5.18. The second-order valence-electron chi connectivity index (χ2n) is 2.66. The molecule has 0 aliphatic carbocycles. The zero-order valence-electron chi connectivity index (χ0n) is 7.69. The van der Waals surface area contributed by atoms with Gasteiger partial charge in [-0.05, 0) is 24.5 Å². The largest absolute Gasteiger partial charge is 0.396 e. The molecule has 0 bridgehead atoms. The molecule has 0 saturated heterocycles. The second kappa shape index (κ2) is 6.31. The minimum atomic E-state index is -0.343. The van der Waals surface area contributed by atoms with Crippen molar-refractivity contribution in [3.8, 4) is 0 Å². The average Bonchev–Trinajstić information content (AvgIpc) is 2.17. The smallest absolute Gasteiger partial charge is 0.146 e. The van der Waals surface area contributed by atoms with Gasteiger partial charge in [0.1, 0.15) is 12.6 Å². The molecule has 1 unspecified atom stereocenters. The molecule has 0 amide bonds. The third-order valence-electron chi connectivity index (χ3n) is 1.89. The maximum Gasteiger partial charge on any atom is 0.146 e. The molecule has 0 aromatic rings. The van der Waals surface area contributed by atoms with Crippen LogP contribution >= 0.6 is 0 Å². The van der Waals surface area contributed by atoms with Crippen LogP contribution in [0.2, 0.25) is 0 Å². The van der Waals surface area contributed by atoms with Crippen molar-refractivity contribution in [1.29, 1.82) is 0 Å². The number of hydrogen-bond acceptors (Lipinski definition) is 3. The lowest BCUT2D eigenvalue weighted by Crippen LogP contribution is -2.11. The van der Waals surface area contributed by atoms with Gasteiger partial charge in [-0.3, -0.25) is 9.59 Å². The Morgan fingerprint density at radius 1 is 1.46 bits per heavy atom. The lowest BCUT2D eigenvalue weighted by Gasteiger charge is -2.13. The van der Waals surface area contributed by atoms with Crippen LogP contribution < -0.4 is 0 Å². The Bertz CT molecular complexity index is 228. The van der Waals surface area contributed by atoms with Gasteiger partial charge in [0.15, 0.2) is 0 Å². The molecule has 0 fully saturated rings. The molecule has 0 heterocycles. The molecular weight excluding hydrogens is 168 g/mol. The zero-order valence-corrected chi connectivity index (χ0v) is 7.69. The summed E-state index contributed by atoms with van der Waals surface area (Å²) in [6, 6.07) is 0. The van der Waals surface area contributed by atoms with Gasteiger partial charge in [0.2, 0.25) is 0 Å². The van der Waals surface area contributed by atoms with Crippen LogP contribution in [0.4, 0.5) is 0 Å². The standard InChI is InChI=1S/C10H14O3/c1-3-9(7-13)10(4-5-11)8(2)6-12/h3,6-7,10-11H,2,4-5H2,1H3/b9-3-. The van der Waals surface area contributed by atoms with E-state index in [4.69, 9.17) is 5.11 Å². The lowest BCUT2D eigenvalue weighted by molar-refractivity contribution is -0.105. The highest BCUT2D eigenvalue weighted by molar-refractivity contribution is 5.81. The number of carbonyl (C=O) groups is 2. The van der Waals surface area contributed by atoms with Gasteiger partial charge in [0.25, 0.3) is 0 Å². The van der Waals surface area contributed by atoms with Crippen LogP contribution in [0, 0.1) is 5.92 Å². The molecule has 3 nitrogen and oxygen atoms in total. The predicted octanol–water partition coefficient (Wildman–Crippen LogP) is 0.885. The lowest BCUT2D eigenvalue weighted by atomic mass is 9.90. The fraction of sp³-hybridized carbons (Fsp3) is 0.400. The SMILES string of the molecule is C=C(C=O)C(CCO)/C(C=O)=C\C. The number of carbonyl (C=O) groups excluding carboxylic acids is 2. The van der Waals surface area contributed by atoms with E-state index in [9.17, 15) is 9.59 Å². The molecule has 1 atom stereocenters. The maximum atomic E-state index is 10.6. The number of aldehydes is 2. The summed E-state index contributed by atoms with van der Waals surface area (Å²) in [4.78, 5) is 21.0. The van der Waals surface area contributed by atoms with E-state index in [-0.39, 0.29) is 12.5 Å². The number of allylic oxidation sites excluding steroid dienone is 3. The number of aliphatic hydroxyl groups excluding tert-OH is 1. The predicted molar refractivity (Wildman–Crippen MR) is 50.2 cm³/mol. The molecule has 0 aliphatic heterocycles. The Morgan fingerprint density at radius 2 is 2.08 bits per heavy atom. The van der Waals surface area contributed by atoms with E-state index in [1.165, 1.54) is 0 Å². The van der Waals surface area contributed by atoms with E-state index in [2.05, 4.69) is 6.58 Å². The van der Waals surface area contributed by atoms with Gasteiger partial charge in [-0.1, -0.05) is 12.7 Å². The van der Waals surface area contributed by atoms with E-state index >= 15 is 0 Å². The van der Waals surface area contributed by atoms with Crippen molar-refractivity contribution in [3.63, 3.8) is 0 Å². The molecular formula is C10H14O3. The molecule has 0 radical (unpaired) electrons. The van der Waals surface area contributed by atoms with Gasteiger partial charge in [-0.25, -0.2) is 0 Å². The molecule has 13 heavy (non-hydrogen) atoms. The van der Waals surface area contributed by atoms with Gasteiger partial charge in [-0.2, -0.15) is 0 Å². The normalized spacial score (nSPS) is 13.5. The fourth-order valence-corrected chi connectivity index (χ4v) is 1.13. The summed E-state index contributed by atoms with van der Waals surface area (Å²) < 4.78 is 0. The zero-order chi connectivity index (χ0) is 10.3. The summed E-state index contributed by atoms with van der Waals surface area (Å²) in [5, 5.41) is 8.72. The van der Waals surface area contributed by atoms with Crippen molar-refractivity contribution >= 4 is 12.6 Å². The fourth-order valence-electron chi connectivity index (χ4n) is 1.13. The van der Waals surface area contributed by atoms with Crippen LogP contribution in [0.5, 0.6) is 0 Å². The van der Waals surface area contributed by atoms with Crippen molar-refractivity contribution in [2.24, 2.45) is 5.92 Å². The summed E-state index contributed by atoms with van der Waals surface area (Å²) in [7, 11) is 0. The quantitative estimate of drug-likeness (QED) is 0.490. The Labute approximate surface area is 77.8 Å². The summed E-state index contributed by atoms with van der Waals surface area (Å²) in [6.07, 6.45) is 3.29. The first-order valence-electron chi connectivity index (χ1n) is 4.07. The summed E-state index contributed by atoms with van der Waals surface area (Å²) >= 11 is 0. The highest BCUT2D eigenvalue weighted by Crippen LogP contribution is 2.19. The Balaban J connectivity index is 4.67. The molecule has 0 rings (SSSR count). The molecule has 0 aliphatic rings. The van der Waals surface area contributed by atoms with Crippen molar-refractivity contribution in [2.75, 3.05) is 6.61 Å². The third kappa shape index (κ3) is 3.34. The number of rotatable bonds is 6. The van der Waals surface area contributed by atoms with Gasteiger partial charge in [-0.15, -0.1) is 0 Å². The van der Waals surface area contributed by atoms with Crippen LogP contribution in [0.1, 0.15) is 13.3 Å². The maximum absolute atomic E-state index is 10.6. The van der Waals surface area contributed by atoms with E-state index in [0.29, 0.717) is 30.1 Å². The third-order valence-corrected chi connectivity index (χ3v) is 1.89. The minimum absolute atomic E-state index is 0.0668. The number of hydrogen-bond donors (Lipinski definition) is 1. The summed E-state index contributed by atoms with van der Waals surface area (Å²) in [5.41, 5.74) is 0.820. The first-order chi connectivity index (χ1) is 6.21. The van der Waals surface area contributed by atoms with Crippen molar-refractivity contribution in [3.05, 3.63) is 23.8 Å². The van der Waals surface area contributed by atoms with Crippen LogP contribution in [0.25, 0.3) is 0 Å². The van der Waals surface area contributed by atoms with E-state index in [1.54, 1.807) is 13.0 Å². The molecule has 0 spiro atoms. The van der Waals surface area contributed by atoms with E-state index in [1.807, 2.05) is 0 Å². The molecule has 72 valence electrons. The van der Waals surface area contributed by atoms with Gasteiger partial charge in [0.05, 0.1) is 0 Å². The highest BCUT2D eigenvalue weighted by atomic mass is 16.3. The molecule has 0 saturated carbocycles. The average molecular weight is 182 g/mol. The summed E-state index contributed by atoms with van der Waals surface area (Å²) in [5.74, 6) is -0.343. The van der Waals surface area contributed by atoms with Gasteiger partial charge in [0, 0.05) is 12.5 Å². The second-order valence-corrected chi connectivity index (χ2v) is 2.66. The molecule has 0 aromatic heterocycles. The van der Waals surface area contributed by atoms with Crippen molar-refractivity contribution in [2.45, 2.75) is 13.3 Å². The van der Waals surface area contributed by atoms with Crippen LogP contribution in [0.3, 0.4) is 0 Å². The van der Waals surface area contributed by atoms with Crippen LogP contribution in [-0.2, 0) is 9.59 Å². The topological polar surface area (TPSA) is 54.4 Å². The van der Waals surface area contributed by atoms with Crippen LogP contribution in [-0.4, -0.2) is 24.3 Å². The van der Waals surface area contributed by atoms with E-state index < -0.39 is 0 Å². The molecule has 3 heteroatoms. The molecule has 1 N–H and O–H groups in total. The first-order valence-corrected chi connectivity index (χ1v) is 4.07. The highest BCUT2D eigenvalue weighted by Gasteiger charge is 2.15. The molecule has 0 aromatic carbocycles. The van der Waals surface area contributed by atoms with Crippen molar-refractivity contribution in [1.82, 2.24) is 0 Å². The Hall–Kier alpha value is -1.22. The Morgan fingerprint density at radius 3 is 2.38 bits per heavy atom. The van der Waals surface area contributed by atoms with Crippen molar-refractivity contribution < 1.29 is 14.7 Å². The van der Waals surface area contributed by atoms with Gasteiger partial charge >= 0.3 is 0 Å². The van der Waals surface area contributed by atoms with E-state index in [0.717, 1.165) is 0 Å².